The number of nitrogens with two attached hydrogens (primary N) is 1. The predicted octanol–water partition coefficient (Wildman–Crippen LogP) is 3.17. The fraction of sp³-hybridized carbons (Fsp3) is 0.143. The first kappa shape index (κ1) is 15.7. The van der Waals surface area contributed by atoms with E-state index in [0.29, 0.717) is 10.6 Å². The van der Waals surface area contributed by atoms with Crippen LogP contribution in [-0.2, 0) is 4.79 Å². The van der Waals surface area contributed by atoms with Gasteiger partial charge in [-0.3, -0.25) is 9.59 Å². The average molecular weight is 371 g/mol. The van der Waals surface area contributed by atoms with Crippen molar-refractivity contribution < 1.29 is 14.0 Å². The molecule has 0 aliphatic heterocycles. The zero-order valence-corrected chi connectivity index (χ0v) is 13.3. The van der Waals surface area contributed by atoms with Crippen LogP contribution in [-0.4, -0.2) is 18.4 Å². The molecule has 1 aromatic heterocycles. The summed E-state index contributed by atoms with van der Waals surface area (Å²) in [6.07, 6.45) is 0.0374. The van der Waals surface area contributed by atoms with E-state index in [4.69, 9.17) is 5.73 Å². The van der Waals surface area contributed by atoms with Crippen LogP contribution in [0.4, 0.5) is 10.1 Å². The number of carbonyl (C=O) groups excluding carboxylic acids is 2. The first-order valence-corrected chi connectivity index (χ1v) is 7.69. The largest absolute Gasteiger partial charge is 0.370 e. The van der Waals surface area contributed by atoms with E-state index in [1.54, 1.807) is 12.1 Å². The zero-order valence-electron chi connectivity index (χ0n) is 10.9. The molecule has 0 saturated carbocycles. The molecular weight excluding hydrogens is 359 g/mol. The number of primary amides is 1. The van der Waals surface area contributed by atoms with Crippen LogP contribution in [0.1, 0.15) is 16.1 Å². The normalized spacial score (nSPS) is 10.4. The fourth-order valence-electron chi connectivity index (χ4n) is 1.75. The van der Waals surface area contributed by atoms with Crippen molar-refractivity contribution in [2.24, 2.45) is 5.73 Å². The van der Waals surface area contributed by atoms with Gasteiger partial charge in [0.25, 0.3) is 5.91 Å². The fourth-order valence-corrected chi connectivity index (χ4v) is 3.09. The van der Waals surface area contributed by atoms with Gasteiger partial charge in [-0.15, -0.1) is 11.3 Å². The zero-order chi connectivity index (χ0) is 15.4. The summed E-state index contributed by atoms with van der Waals surface area (Å²) >= 11 is 4.59. The number of rotatable bonds is 5. The number of benzene rings is 1. The SMILES string of the molecule is NC(=O)CCN(C(=O)c1ccc(Br)s1)c1ccc(F)cc1. The first-order chi connectivity index (χ1) is 9.97. The molecule has 0 aliphatic carbocycles. The number of thiophene rings is 1. The van der Waals surface area contributed by atoms with Crippen molar-refractivity contribution in [1.82, 2.24) is 0 Å². The van der Waals surface area contributed by atoms with Gasteiger partial charge in [0.2, 0.25) is 5.91 Å². The van der Waals surface area contributed by atoms with Crippen LogP contribution in [0.2, 0.25) is 0 Å². The predicted molar refractivity (Wildman–Crippen MR) is 83.9 cm³/mol. The molecule has 0 aliphatic rings. The molecule has 110 valence electrons. The van der Waals surface area contributed by atoms with Crippen LogP contribution in [0.5, 0.6) is 0 Å². The second kappa shape index (κ2) is 6.82. The van der Waals surface area contributed by atoms with E-state index < -0.39 is 5.91 Å². The third-order valence-corrected chi connectivity index (χ3v) is 4.36. The van der Waals surface area contributed by atoms with E-state index in [9.17, 15) is 14.0 Å². The summed E-state index contributed by atoms with van der Waals surface area (Å²) < 4.78 is 13.8. The van der Waals surface area contributed by atoms with E-state index in [-0.39, 0.29) is 24.7 Å². The number of hydrogen-bond donors (Lipinski definition) is 1. The molecule has 0 fully saturated rings. The summed E-state index contributed by atoms with van der Waals surface area (Å²) in [5, 5.41) is 0. The first-order valence-electron chi connectivity index (χ1n) is 6.08. The molecule has 0 saturated heterocycles. The summed E-state index contributed by atoms with van der Waals surface area (Å²) in [7, 11) is 0. The Morgan fingerprint density at radius 3 is 2.38 bits per heavy atom. The number of carbonyl (C=O) groups is 2. The summed E-state index contributed by atoms with van der Waals surface area (Å²) in [4.78, 5) is 25.4. The van der Waals surface area contributed by atoms with Gasteiger partial charge >= 0.3 is 0 Å². The van der Waals surface area contributed by atoms with E-state index in [1.807, 2.05) is 0 Å². The molecule has 0 radical (unpaired) electrons. The number of amides is 2. The molecule has 2 N–H and O–H groups in total. The Kier molecular flexibility index (Phi) is 5.08. The Morgan fingerprint density at radius 1 is 1.19 bits per heavy atom. The molecule has 0 bridgehead atoms. The summed E-state index contributed by atoms with van der Waals surface area (Å²) in [5.74, 6) is -1.14. The lowest BCUT2D eigenvalue weighted by atomic mass is 10.2. The Morgan fingerprint density at radius 2 is 1.86 bits per heavy atom. The molecule has 2 aromatic rings. The molecule has 2 amide bonds. The lowest BCUT2D eigenvalue weighted by molar-refractivity contribution is -0.117. The highest BCUT2D eigenvalue weighted by Crippen LogP contribution is 2.25. The van der Waals surface area contributed by atoms with Crippen LogP contribution in [0.15, 0.2) is 40.2 Å². The minimum atomic E-state index is -0.498. The van der Waals surface area contributed by atoms with Gasteiger partial charge in [-0.05, 0) is 52.3 Å². The number of anilines is 1. The number of halogens is 2. The number of hydrogen-bond acceptors (Lipinski definition) is 3. The quantitative estimate of drug-likeness (QED) is 0.878. The van der Waals surface area contributed by atoms with E-state index in [0.717, 1.165) is 3.79 Å². The Hall–Kier alpha value is -1.73. The maximum absolute atomic E-state index is 13.0. The third kappa shape index (κ3) is 4.12. The monoisotopic (exact) mass is 370 g/mol. The molecule has 1 aromatic carbocycles. The van der Waals surface area contributed by atoms with Gasteiger partial charge in [-0.1, -0.05) is 0 Å². The standard InChI is InChI=1S/C14H12BrFN2O2S/c15-12-6-5-11(21-12)14(20)18(8-7-13(17)19)10-3-1-9(16)2-4-10/h1-6H,7-8H2,(H2,17,19). The molecule has 7 heteroatoms. The molecule has 4 nitrogen and oxygen atoms in total. The topological polar surface area (TPSA) is 63.4 Å². The Labute approximate surface area is 133 Å². The van der Waals surface area contributed by atoms with E-state index in [1.165, 1.54) is 40.5 Å². The van der Waals surface area contributed by atoms with Crippen LogP contribution >= 0.6 is 27.3 Å². The lowest BCUT2D eigenvalue weighted by Gasteiger charge is -2.21. The summed E-state index contributed by atoms with van der Waals surface area (Å²) in [6, 6.07) is 8.99. The minimum Gasteiger partial charge on any atom is -0.370 e. The van der Waals surface area contributed by atoms with Crippen molar-refractivity contribution in [1.29, 1.82) is 0 Å². The number of nitrogens with zero attached hydrogens (tertiary/aromatic N) is 1. The summed E-state index contributed by atoms with van der Waals surface area (Å²) in [5.41, 5.74) is 5.66. The Bertz CT molecular complexity index is 657. The maximum Gasteiger partial charge on any atom is 0.268 e. The van der Waals surface area contributed by atoms with Gasteiger partial charge in [-0.2, -0.15) is 0 Å². The van der Waals surface area contributed by atoms with Gasteiger partial charge in [-0.25, -0.2) is 4.39 Å². The molecule has 2 rings (SSSR count). The van der Waals surface area contributed by atoms with Crippen LogP contribution in [0, 0.1) is 5.82 Å². The van der Waals surface area contributed by atoms with Crippen molar-refractivity contribution in [2.75, 3.05) is 11.4 Å². The lowest BCUT2D eigenvalue weighted by Crippen LogP contribution is -2.33. The van der Waals surface area contributed by atoms with Crippen molar-refractivity contribution in [2.45, 2.75) is 6.42 Å². The van der Waals surface area contributed by atoms with Crippen LogP contribution in [0.25, 0.3) is 0 Å². The summed E-state index contributed by atoms with van der Waals surface area (Å²) in [6.45, 7) is 0.148. The van der Waals surface area contributed by atoms with Crippen LogP contribution < -0.4 is 10.6 Å². The van der Waals surface area contributed by atoms with Crippen LogP contribution in [0.3, 0.4) is 0 Å². The van der Waals surface area contributed by atoms with Gasteiger partial charge < -0.3 is 10.6 Å². The molecule has 0 spiro atoms. The smallest absolute Gasteiger partial charge is 0.268 e. The Balaban J connectivity index is 2.28. The van der Waals surface area contributed by atoms with Gasteiger partial charge in [0.1, 0.15) is 5.82 Å². The molecule has 0 unspecified atom stereocenters. The van der Waals surface area contributed by atoms with Crippen molar-refractivity contribution in [3.8, 4) is 0 Å². The highest BCUT2D eigenvalue weighted by Gasteiger charge is 2.20. The second-order valence-corrected chi connectivity index (χ2v) is 6.72. The maximum atomic E-state index is 13.0. The molecular formula is C14H12BrFN2O2S. The van der Waals surface area contributed by atoms with Crippen molar-refractivity contribution in [3.05, 3.63) is 50.9 Å². The van der Waals surface area contributed by atoms with E-state index in [2.05, 4.69) is 15.9 Å². The van der Waals surface area contributed by atoms with Gasteiger partial charge in [0, 0.05) is 18.7 Å². The third-order valence-electron chi connectivity index (χ3n) is 2.75. The average Bonchev–Trinajstić information content (AvgIpc) is 2.87. The second-order valence-electron chi connectivity index (χ2n) is 4.25. The highest BCUT2D eigenvalue weighted by atomic mass is 79.9. The van der Waals surface area contributed by atoms with Crippen molar-refractivity contribution >= 4 is 44.8 Å². The van der Waals surface area contributed by atoms with Gasteiger partial charge in [0.05, 0.1) is 8.66 Å². The van der Waals surface area contributed by atoms with Crippen molar-refractivity contribution in [3.63, 3.8) is 0 Å². The minimum absolute atomic E-state index is 0.0374. The molecule has 21 heavy (non-hydrogen) atoms. The molecule has 0 atom stereocenters. The highest BCUT2D eigenvalue weighted by molar-refractivity contribution is 9.11. The van der Waals surface area contributed by atoms with Gasteiger partial charge in [0.15, 0.2) is 0 Å². The van der Waals surface area contributed by atoms with E-state index >= 15 is 0 Å². The molecule has 1 heterocycles.